The number of carbonyl (C=O) groups excluding carboxylic acids is 2. The largest absolute Gasteiger partial charge is 0.462 e. The molecule has 6 nitrogen and oxygen atoms in total. The highest BCUT2D eigenvalue weighted by Crippen LogP contribution is 2.23. The van der Waals surface area contributed by atoms with E-state index in [0.717, 1.165) is 19.3 Å². The molecule has 0 saturated carbocycles. The minimum atomic E-state index is -2.05. The quantitative estimate of drug-likeness (QED) is 0.449. The summed E-state index contributed by atoms with van der Waals surface area (Å²) in [5.74, 6) is -1.24. The van der Waals surface area contributed by atoms with Crippen LogP contribution in [-0.2, 0) is 19.1 Å². The zero-order chi connectivity index (χ0) is 16.4. The number of aliphatic hydroxyl groups is 1. The van der Waals surface area contributed by atoms with E-state index in [-0.39, 0.29) is 13.0 Å². The van der Waals surface area contributed by atoms with Crippen LogP contribution in [0, 0.1) is 0 Å². The first kappa shape index (κ1) is 18.9. The molecule has 1 aliphatic heterocycles. The first-order valence-electron chi connectivity index (χ1n) is 8.36. The maximum Gasteiger partial charge on any atom is 0.362 e. The summed E-state index contributed by atoms with van der Waals surface area (Å²) in [6.07, 6.45) is 6.48. The Balaban J connectivity index is 2.36. The van der Waals surface area contributed by atoms with Crippen LogP contribution in [-0.4, -0.2) is 42.0 Å². The van der Waals surface area contributed by atoms with Gasteiger partial charge in [-0.05, 0) is 12.8 Å². The third kappa shape index (κ3) is 5.57. The van der Waals surface area contributed by atoms with Crippen LogP contribution >= 0.6 is 0 Å². The summed E-state index contributed by atoms with van der Waals surface area (Å²) in [5, 5.41) is 12.6. The van der Waals surface area contributed by atoms with Crippen LogP contribution in [0.5, 0.6) is 0 Å². The lowest BCUT2D eigenvalue weighted by molar-refractivity contribution is -0.183. The number of hydrogen-bond acceptors (Lipinski definition) is 5. The lowest BCUT2D eigenvalue weighted by atomic mass is 10.1. The zero-order valence-corrected chi connectivity index (χ0v) is 13.7. The molecule has 1 amide bonds. The van der Waals surface area contributed by atoms with Gasteiger partial charge < -0.3 is 19.9 Å². The smallest absolute Gasteiger partial charge is 0.362 e. The van der Waals surface area contributed by atoms with Gasteiger partial charge in [0.05, 0.1) is 13.0 Å². The Labute approximate surface area is 132 Å². The van der Waals surface area contributed by atoms with Crippen LogP contribution in [0.2, 0.25) is 0 Å². The monoisotopic (exact) mass is 315 g/mol. The Morgan fingerprint density at radius 2 is 1.86 bits per heavy atom. The van der Waals surface area contributed by atoms with E-state index in [0.29, 0.717) is 13.0 Å². The molecule has 128 valence electrons. The Kier molecular flexibility index (Phi) is 8.42. The van der Waals surface area contributed by atoms with E-state index in [2.05, 4.69) is 12.2 Å². The van der Waals surface area contributed by atoms with Crippen molar-refractivity contribution in [2.24, 2.45) is 0 Å². The molecule has 1 saturated heterocycles. The number of amides is 1. The van der Waals surface area contributed by atoms with E-state index in [1.54, 1.807) is 0 Å². The molecule has 0 bridgehead atoms. The van der Waals surface area contributed by atoms with E-state index < -0.39 is 23.7 Å². The van der Waals surface area contributed by atoms with Crippen molar-refractivity contribution < 1.29 is 24.2 Å². The molecule has 1 unspecified atom stereocenters. The number of hydrogen-bond donors (Lipinski definition) is 2. The minimum absolute atomic E-state index is 0.0203. The van der Waals surface area contributed by atoms with Crippen molar-refractivity contribution in [2.45, 2.75) is 77.0 Å². The van der Waals surface area contributed by atoms with Gasteiger partial charge in [0, 0.05) is 6.61 Å². The molecule has 0 radical (unpaired) electrons. The summed E-state index contributed by atoms with van der Waals surface area (Å²) in [6, 6.07) is 0. The Hall–Kier alpha value is -1.14. The van der Waals surface area contributed by atoms with Crippen molar-refractivity contribution in [3.05, 3.63) is 0 Å². The lowest BCUT2D eigenvalue weighted by Gasteiger charge is -2.26. The summed E-state index contributed by atoms with van der Waals surface area (Å²) >= 11 is 0. The van der Waals surface area contributed by atoms with E-state index in [1.807, 2.05) is 6.92 Å². The van der Waals surface area contributed by atoms with Crippen LogP contribution in [0.25, 0.3) is 0 Å². The van der Waals surface area contributed by atoms with E-state index >= 15 is 0 Å². The van der Waals surface area contributed by atoms with Gasteiger partial charge in [-0.15, -0.1) is 0 Å². The summed E-state index contributed by atoms with van der Waals surface area (Å²) in [4.78, 5) is 23.4. The highest BCUT2D eigenvalue weighted by Gasteiger charge is 2.53. The second-order valence-electron chi connectivity index (χ2n) is 5.78. The number of nitrogens with one attached hydrogen (secondary N) is 1. The van der Waals surface area contributed by atoms with Crippen LogP contribution in [0.3, 0.4) is 0 Å². The first-order valence-corrected chi connectivity index (χ1v) is 8.36. The van der Waals surface area contributed by atoms with Crippen molar-refractivity contribution in [2.75, 3.05) is 13.2 Å². The Bertz CT molecular complexity index is 360. The predicted octanol–water partition coefficient (Wildman–Crippen LogP) is 1.89. The van der Waals surface area contributed by atoms with Gasteiger partial charge in [0.15, 0.2) is 0 Å². The SMILES string of the molecule is CCCCCCCCOC1CC(=O)N[C@]1(O)C(=O)OCCC. The molecule has 6 heteroatoms. The van der Waals surface area contributed by atoms with E-state index in [9.17, 15) is 14.7 Å². The van der Waals surface area contributed by atoms with Crippen molar-refractivity contribution >= 4 is 11.9 Å². The summed E-state index contributed by atoms with van der Waals surface area (Å²) in [7, 11) is 0. The third-order valence-corrected chi connectivity index (χ3v) is 3.73. The van der Waals surface area contributed by atoms with Gasteiger partial charge in [0.1, 0.15) is 6.10 Å². The molecule has 1 aliphatic rings. The van der Waals surface area contributed by atoms with Crippen molar-refractivity contribution in [1.82, 2.24) is 5.32 Å². The molecular formula is C16H29NO5. The maximum atomic E-state index is 11.9. The molecule has 1 heterocycles. The summed E-state index contributed by atoms with van der Waals surface area (Å²) in [6.45, 7) is 4.67. The number of rotatable bonds is 11. The van der Waals surface area contributed by atoms with Gasteiger partial charge in [-0.25, -0.2) is 4.79 Å². The molecule has 22 heavy (non-hydrogen) atoms. The number of unbranched alkanes of at least 4 members (excludes halogenated alkanes) is 5. The summed E-state index contributed by atoms with van der Waals surface area (Å²) in [5.41, 5.74) is -2.05. The number of carbonyl (C=O) groups is 2. The molecule has 0 aromatic carbocycles. The zero-order valence-electron chi connectivity index (χ0n) is 13.7. The second-order valence-corrected chi connectivity index (χ2v) is 5.78. The van der Waals surface area contributed by atoms with Crippen LogP contribution < -0.4 is 5.32 Å². The highest BCUT2D eigenvalue weighted by molar-refractivity contribution is 5.91. The topological polar surface area (TPSA) is 84.9 Å². The highest BCUT2D eigenvalue weighted by atomic mass is 16.6. The normalized spacial score (nSPS) is 24.3. The molecule has 2 atom stereocenters. The van der Waals surface area contributed by atoms with E-state index in [4.69, 9.17) is 9.47 Å². The fourth-order valence-corrected chi connectivity index (χ4v) is 2.43. The Morgan fingerprint density at radius 1 is 1.18 bits per heavy atom. The fraction of sp³-hybridized carbons (Fsp3) is 0.875. The Morgan fingerprint density at radius 3 is 2.55 bits per heavy atom. The molecule has 0 aromatic rings. The van der Waals surface area contributed by atoms with Crippen LogP contribution in [0.1, 0.15) is 65.2 Å². The van der Waals surface area contributed by atoms with E-state index in [1.165, 1.54) is 19.3 Å². The predicted molar refractivity (Wildman–Crippen MR) is 82.1 cm³/mol. The standard InChI is InChI=1S/C16H29NO5/c1-3-5-6-7-8-9-11-21-13-12-14(18)17-16(13,20)15(19)22-10-4-2/h13,20H,3-12H2,1-2H3,(H,17,18)/t13?,16-/m1/s1. The van der Waals surface area contributed by atoms with Crippen LogP contribution in [0.15, 0.2) is 0 Å². The van der Waals surface area contributed by atoms with Gasteiger partial charge in [0.2, 0.25) is 5.91 Å². The van der Waals surface area contributed by atoms with Gasteiger partial charge in [-0.2, -0.15) is 0 Å². The number of ether oxygens (including phenoxy) is 2. The molecule has 1 rings (SSSR count). The molecule has 1 fully saturated rings. The average Bonchev–Trinajstić information content (AvgIpc) is 2.79. The average molecular weight is 315 g/mol. The molecule has 0 spiro atoms. The van der Waals surface area contributed by atoms with Gasteiger partial charge in [0.25, 0.3) is 5.72 Å². The summed E-state index contributed by atoms with van der Waals surface area (Å²) < 4.78 is 10.5. The van der Waals surface area contributed by atoms with Crippen molar-refractivity contribution in [1.29, 1.82) is 0 Å². The third-order valence-electron chi connectivity index (χ3n) is 3.73. The second kappa shape index (κ2) is 9.79. The molecule has 0 aliphatic carbocycles. The number of esters is 1. The molecule has 2 N–H and O–H groups in total. The first-order chi connectivity index (χ1) is 10.5. The fourth-order valence-electron chi connectivity index (χ4n) is 2.43. The van der Waals surface area contributed by atoms with Gasteiger partial charge in [-0.3, -0.25) is 4.79 Å². The lowest BCUT2D eigenvalue weighted by Crippen LogP contribution is -2.57. The van der Waals surface area contributed by atoms with Crippen molar-refractivity contribution in [3.8, 4) is 0 Å². The maximum absolute atomic E-state index is 11.9. The van der Waals surface area contributed by atoms with Crippen LogP contribution in [0.4, 0.5) is 0 Å². The van der Waals surface area contributed by atoms with Gasteiger partial charge >= 0.3 is 5.97 Å². The molecular weight excluding hydrogens is 286 g/mol. The van der Waals surface area contributed by atoms with Gasteiger partial charge in [-0.1, -0.05) is 46.0 Å². The van der Waals surface area contributed by atoms with Crippen molar-refractivity contribution in [3.63, 3.8) is 0 Å². The minimum Gasteiger partial charge on any atom is -0.462 e. The molecule has 0 aromatic heterocycles.